The second kappa shape index (κ2) is 11.8. The SMILES string of the molecule is CC.CC.COc1ccccc1-c1cccnc1Oc1cnc(C(F)(F)F)c(C)c1. The number of ether oxygens (including phenoxy) is 2. The van der Waals surface area contributed by atoms with Crippen LogP contribution in [0.3, 0.4) is 0 Å². The van der Waals surface area contributed by atoms with Crippen LogP contribution in [-0.4, -0.2) is 17.1 Å². The third-order valence-corrected chi connectivity index (χ3v) is 3.70. The van der Waals surface area contributed by atoms with Gasteiger partial charge in [-0.2, -0.15) is 13.2 Å². The van der Waals surface area contributed by atoms with Crippen molar-refractivity contribution in [3.63, 3.8) is 0 Å². The van der Waals surface area contributed by atoms with E-state index >= 15 is 0 Å². The maximum absolute atomic E-state index is 12.8. The summed E-state index contributed by atoms with van der Waals surface area (Å²) >= 11 is 0. The van der Waals surface area contributed by atoms with Crippen LogP contribution in [0.25, 0.3) is 11.1 Å². The van der Waals surface area contributed by atoms with Gasteiger partial charge in [0.15, 0.2) is 0 Å². The summed E-state index contributed by atoms with van der Waals surface area (Å²) in [5.41, 5.74) is 0.456. The summed E-state index contributed by atoms with van der Waals surface area (Å²) in [6.07, 6.45) is -1.93. The minimum absolute atomic E-state index is 0.0234. The quantitative estimate of drug-likeness (QED) is 0.443. The van der Waals surface area contributed by atoms with Gasteiger partial charge in [0.2, 0.25) is 5.88 Å². The third-order valence-electron chi connectivity index (χ3n) is 3.70. The highest BCUT2D eigenvalue weighted by Gasteiger charge is 2.34. The lowest BCUT2D eigenvalue weighted by Gasteiger charge is -2.14. The zero-order chi connectivity index (χ0) is 22.7. The molecule has 162 valence electrons. The number of aromatic nitrogens is 2. The first-order chi connectivity index (χ1) is 14.4. The maximum atomic E-state index is 12.8. The molecule has 0 aliphatic rings. The molecule has 0 N–H and O–H groups in total. The Hall–Kier alpha value is -3.09. The fourth-order valence-electron chi connectivity index (χ4n) is 2.56. The molecule has 7 heteroatoms. The molecule has 30 heavy (non-hydrogen) atoms. The Bertz CT molecular complexity index is 928. The molecule has 4 nitrogen and oxygen atoms in total. The molecule has 0 spiro atoms. The van der Waals surface area contributed by atoms with Crippen molar-refractivity contribution in [3.05, 3.63) is 66.1 Å². The minimum atomic E-state index is -4.50. The number of hydrogen-bond donors (Lipinski definition) is 0. The lowest BCUT2D eigenvalue weighted by Crippen LogP contribution is -2.10. The van der Waals surface area contributed by atoms with Crippen LogP contribution in [0.4, 0.5) is 13.2 Å². The van der Waals surface area contributed by atoms with E-state index in [1.807, 2.05) is 45.9 Å². The van der Waals surface area contributed by atoms with Crippen LogP contribution in [-0.2, 0) is 6.18 Å². The predicted octanol–water partition coefficient (Wildman–Crippen LogP) is 7.32. The lowest BCUT2D eigenvalue weighted by atomic mass is 10.1. The number of pyridine rings is 2. The second-order valence-corrected chi connectivity index (χ2v) is 5.49. The summed E-state index contributed by atoms with van der Waals surface area (Å²) in [7, 11) is 1.55. The smallest absolute Gasteiger partial charge is 0.433 e. The molecule has 0 aliphatic carbocycles. The van der Waals surface area contributed by atoms with Crippen molar-refractivity contribution in [1.82, 2.24) is 9.97 Å². The zero-order valence-electron chi connectivity index (χ0n) is 18.0. The highest BCUT2D eigenvalue weighted by atomic mass is 19.4. The second-order valence-electron chi connectivity index (χ2n) is 5.49. The molecule has 3 rings (SSSR count). The number of halogens is 3. The summed E-state index contributed by atoms with van der Waals surface area (Å²) in [6.45, 7) is 9.34. The van der Waals surface area contributed by atoms with E-state index in [1.165, 1.54) is 13.0 Å². The molecule has 0 fully saturated rings. The van der Waals surface area contributed by atoms with Gasteiger partial charge in [-0.05, 0) is 36.8 Å². The first-order valence-corrected chi connectivity index (χ1v) is 9.70. The number of benzene rings is 1. The Morgan fingerprint density at radius 3 is 2.10 bits per heavy atom. The number of alkyl halides is 3. The maximum Gasteiger partial charge on any atom is 0.433 e. The molecule has 0 aliphatic heterocycles. The van der Waals surface area contributed by atoms with Crippen molar-refractivity contribution in [3.8, 4) is 28.5 Å². The van der Waals surface area contributed by atoms with Crippen molar-refractivity contribution in [2.75, 3.05) is 7.11 Å². The fraction of sp³-hybridized carbons (Fsp3) is 0.304. The third kappa shape index (κ3) is 6.20. The largest absolute Gasteiger partial charge is 0.496 e. The summed E-state index contributed by atoms with van der Waals surface area (Å²) in [5.74, 6) is 1.05. The van der Waals surface area contributed by atoms with E-state index in [1.54, 1.807) is 31.5 Å². The molecule has 0 radical (unpaired) electrons. The lowest BCUT2D eigenvalue weighted by molar-refractivity contribution is -0.141. The summed E-state index contributed by atoms with van der Waals surface area (Å²) in [6, 6.07) is 12.2. The van der Waals surface area contributed by atoms with Gasteiger partial charge in [-0.15, -0.1) is 0 Å². The van der Waals surface area contributed by atoms with Crippen LogP contribution in [0, 0.1) is 6.92 Å². The fourth-order valence-corrected chi connectivity index (χ4v) is 2.56. The minimum Gasteiger partial charge on any atom is -0.496 e. The summed E-state index contributed by atoms with van der Waals surface area (Å²) < 4.78 is 49.6. The van der Waals surface area contributed by atoms with Crippen LogP contribution >= 0.6 is 0 Å². The molecule has 0 unspecified atom stereocenters. The zero-order valence-corrected chi connectivity index (χ0v) is 18.0. The molecule has 3 aromatic rings. The van der Waals surface area contributed by atoms with Gasteiger partial charge in [-0.1, -0.05) is 45.9 Å². The number of aryl methyl sites for hydroxylation is 1. The molecular formula is C23H27F3N2O2. The van der Waals surface area contributed by atoms with Crippen LogP contribution in [0.5, 0.6) is 17.4 Å². The molecule has 2 aromatic heterocycles. The van der Waals surface area contributed by atoms with E-state index in [4.69, 9.17) is 9.47 Å². The van der Waals surface area contributed by atoms with E-state index < -0.39 is 11.9 Å². The van der Waals surface area contributed by atoms with E-state index in [2.05, 4.69) is 9.97 Å². The standard InChI is InChI=1S/C19H15F3N2O2.2C2H6/c1-12-10-13(11-24-17(12)19(20,21)22)26-18-15(7-5-9-23-18)14-6-3-4-8-16(14)25-2;2*1-2/h3-11H,1-2H3;2*1-2H3. The Kier molecular flexibility index (Phi) is 9.81. The van der Waals surface area contributed by atoms with Crippen LogP contribution in [0.15, 0.2) is 54.9 Å². The molecule has 0 saturated carbocycles. The number of rotatable bonds is 4. The van der Waals surface area contributed by atoms with Gasteiger partial charge in [0.1, 0.15) is 17.2 Å². The van der Waals surface area contributed by atoms with Gasteiger partial charge in [-0.3, -0.25) is 0 Å². The van der Waals surface area contributed by atoms with E-state index in [9.17, 15) is 13.2 Å². The van der Waals surface area contributed by atoms with Crippen molar-refractivity contribution in [2.24, 2.45) is 0 Å². The van der Waals surface area contributed by atoms with Gasteiger partial charge in [0.05, 0.1) is 13.3 Å². The highest BCUT2D eigenvalue weighted by molar-refractivity contribution is 5.74. The van der Waals surface area contributed by atoms with Crippen molar-refractivity contribution in [1.29, 1.82) is 0 Å². The summed E-state index contributed by atoms with van der Waals surface area (Å²) in [4.78, 5) is 7.68. The Balaban J connectivity index is 0.00000106. The van der Waals surface area contributed by atoms with E-state index in [0.717, 1.165) is 11.8 Å². The Labute approximate surface area is 175 Å². The molecule has 0 atom stereocenters. The number of nitrogens with zero attached hydrogens (tertiary/aromatic N) is 2. The number of hydrogen-bond acceptors (Lipinski definition) is 4. The van der Waals surface area contributed by atoms with E-state index in [-0.39, 0.29) is 17.2 Å². The Morgan fingerprint density at radius 2 is 1.50 bits per heavy atom. The molecule has 0 amide bonds. The average molecular weight is 420 g/mol. The van der Waals surface area contributed by atoms with Crippen molar-refractivity contribution >= 4 is 0 Å². The monoisotopic (exact) mass is 420 g/mol. The van der Waals surface area contributed by atoms with E-state index in [0.29, 0.717) is 11.3 Å². The molecule has 0 saturated heterocycles. The van der Waals surface area contributed by atoms with Crippen molar-refractivity contribution in [2.45, 2.75) is 40.8 Å². The van der Waals surface area contributed by atoms with Crippen LogP contribution < -0.4 is 9.47 Å². The highest BCUT2D eigenvalue weighted by Crippen LogP contribution is 2.37. The van der Waals surface area contributed by atoms with Gasteiger partial charge >= 0.3 is 6.18 Å². The molecule has 2 heterocycles. The molecular weight excluding hydrogens is 393 g/mol. The van der Waals surface area contributed by atoms with Crippen molar-refractivity contribution < 1.29 is 22.6 Å². The first-order valence-electron chi connectivity index (χ1n) is 9.70. The Morgan fingerprint density at radius 1 is 0.867 bits per heavy atom. The van der Waals surface area contributed by atoms with Gasteiger partial charge in [-0.25, -0.2) is 9.97 Å². The van der Waals surface area contributed by atoms with Gasteiger partial charge in [0.25, 0.3) is 0 Å². The average Bonchev–Trinajstić information content (AvgIpc) is 2.76. The molecule has 0 bridgehead atoms. The van der Waals surface area contributed by atoms with Gasteiger partial charge < -0.3 is 9.47 Å². The molecule has 1 aromatic carbocycles. The normalized spacial score (nSPS) is 10.2. The number of para-hydroxylation sites is 1. The predicted molar refractivity (Wildman–Crippen MR) is 113 cm³/mol. The topological polar surface area (TPSA) is 44.2 Å². The first kappa shape index (κ1) is 24.9. The summed E-state index contributed by atoms with van der Waals surface area (Å²) in [5, 5.41) is 0. The number of methoxy groups -OCH3 is 1. The van der Waals surface area contributed by atoms with Crippen LogP contribution in [0.1, 0.15) is 39.0 Å². The van der Waals surface area contributed by atoms with Gasteiger partial charge in [0, 0.05) is 17.3 Å². The van der Waals surface area contributed by atoms with Crippen LogP contribution in [0.2, 0.25) is 0 Å².